The molecule has 1 aliphatic rings. The zero-order valence-electron chi connectivity index (χ0n) is 14.4. The van der Waals surface area contributed by atoms with Crippen molar-refractivity contribution in [2.45, 2.75) is 6.61 Å². The lowest BCUT2D eigenvalue weighted by Gasteiger charge is -2.33. The van der Waals surface area contributed by atoms with E-state index in [1.165, 1.54) is 30.5 Å². The van der Waals surface area contributed by atoms with Gasteiger partial charge in [0, 0.05) is 31.9 Å². The van der Waals surface area contributed by atoms with E-state index >= 15 is 0 Å². The van der Waals surface area contributed by atoms with Crippen LogP contribution in [0.3, 0.4) is 0 Å². The number of nitrogens with zero attached hydrogens (tertiary/aromatic N) is 2. The summed E-state index contributed by atoms with van der Waals surface area (Å²) in [4.78, 5) is 28.0. The number of halogens is 2. The van der Waals surface area contributed by atoms with E-state index in [1.807, 2.05) is 4.90 Å². The fraction of sp³-hybridized carbons (Fsp3) is 0.333. The molecule has 0 spiro atoms. The molecule has 7 nitrogen and oxygen atoms in total. The molecular formula is C18H19F2N3O4. The van der Waals surface area contributed by atoms with Crippen LogP contribution >= 0.6 is 0 Å². The molecule has 2 heterocycles. The summed E-state index contributed by atoms with van der Waals surface area (Å²) in [5.41, 5.74) is 0.494. The van der Waals surface area contributed by atoms with Gasteiger partial charge in [-0.1, -0.05) is 0 Å². The van der Waals surface area contributed by atoms with E-state index in [2.05, 4.69) is 10.1 Å². The number of anilines is 1. The predicted octanol–water partition coefficient (Wildman–Crippen LogP) is 2.28. The Morgan fingerprint density at radius 2 is 1.81 bits per heavy atom. The Balaban J connectivity index is 1.43. The highest BCUT2D eigenvalue weighted by atomic mass is 19.3. The van der Waals surface area contributed by atoms with Crippen LogP contribution in [-0.2, 0) is 4.79 Å². The number of ether oxygens (including phenoxy) is 1. The minimum Gasteiger partial charge on any atom is -0.459 e. The van der Waals surface area contributed by atoms with Gasteiger partial charge in [-0.2, -0.15) is 8.78 Å². The van der Waals surface area contributed by atoms with Crippen LogP contribution in [0, 0.1) is 0 Å². The third-order valence-electron chi connectivity index (χ3n) is 4.12. The van der Waals surface area contributed by atoms with Crippen molar-refractivity contribution in [3.8, 4) is 5.75 Å². The van der Waals surface area contributed by atoms with Crippen LogP contribution < -0.4 is 10.1 Å². The third-order valence-corrected chi connectivity index (χ3v) is 4.12. The van der Waals surface area contributed by atoms with E-state index in [9.17, 15) is 18.4 Å². The molecule has 1 aliphatic heterocycles. The van der Waals surface area contributed by atoms with E-state index in [0.29, 0.717) is 37.6 Å². The minimum atomic E-state index is -2.89. The van der Waals surface area contributed by atoms with Gasteiger partial charge in [-0.15, -0.1) is 0 Å². The SMILES string of the molecule is O=C(CN1CCN(C(=O)c2ccco2)CC1)Nc1ccc(OC(F)F)cc1. The first-order valence-corrected chi connectivity index (χ1v) is 8.41. The summed E-state index contributed by atoms with van der Waals surface area (Å²) in [6.07, 6.45) is 1.46. The zero-order valence-corrected chi connectivity index (χ0v) is 14.4. The maximum atomic E-state index is 12.2. The summed E-state index contributed by atoms with van der Waals surface area (Å²) >= 11 is 0. The number of piperazine rings is 1. The monoisotopic (exact) mass is 379 g/mol. The molecule has 1 saturated heterocycles. The summed E-state index contributed by atoms with van der Waals surface area (Å²) < 4.78 is 33.6. The van der Waals surface area contributed by atoms with Gasteiger partial charge < -0.3 is 19.4 Å². The second kappa shape index (κ2) is 8.63. The van der Waals surface area contributed by atoms with Crippen LogP contribution in [-0.4, -0.2) is 60.9 Å². The summed E-state index contributed by atoms with van der Waals surface area (Å²) in [5.74, 6) is -0.0423. The second-order valence-electron chi connectivity index (χ2n) is 6.00. The number of amides is 2. The molecule has 0 saturated carbocycles. The van der Waals surface area contributed by atoms with Gasteiger partial charge in [-0.3, -0.25) is 14.5 Å². The first kappa shape index (κ1) is 18.8. The summed E-state index contributed by atoms with van der Waals surface area (Å²) in [7, 11) is 0. The highest BCUT2D eigenvalue weighted by Gasteiger charge is 2.24. The van der Waals surface area contributed by atoms with Crippen molar-refractivity contribution in [1.29, 1.82) is 0 Å². The van der Waals surface area contributed by atoms with Crippen LogP contribution in [0.15, 0.2) is 47.1 Å². The topological polar surface area (TPSA) is 75.0 Å². The van der Waals surface area contributed by atoms with Crippen molar-refractivity contribution in [2.24, 2.45) is 0 Å². The van der Waals surface area contributed by atoms with E-state index in [4.69, 9.17) is 4.42 Å². The van der Waals surface area contributed by atoms with Crippen molar-refractivity contribution in [1.82, 2.24) is 9.80 Å². The number of carbonyl (C=O) groups excluding carboxylic acids is 2. The molecule has 2 amide bonds. The number of rotatable bonds is 6. The van der Waals surface area contributed by atoms with Crippen LogP contribution in [0.5, 0.6) is 5.75 Å². The van der Waals surface area contributed by atoms with E-state index in [1.54, 1.807) is 17.0 Å². The van der Waals surface area contributed by atoms with Gasteiger partial charge in [0.2, 0.25) is 5.91 Å². The number of hydrogen-bond donors (Lipinski definition) is 1. The van der Waals surface area contributed by atoms with Crippen LogP contribution in [0.2, 0.25) is 0 Å². The molecule has 0 radical (unpaired) electrons. The van der Waals surface area contributed by atoms with Crippen molar-refractivity contribution >= 4 is 17.5 Å². The molecule has 0 atom stereocenters. The van der Waals surface area contributed by atoms with Crippen molar-refractivity contribution < 1.29 is 27.5 Å². The van der Waals surface area contributed by atoms with E-state index in [-0.39, 0.29) is 24.1 Å². The van der Waals surface area contributed by atoms with Crippen LogP contribution in [0.4, 0.5) is 14.5 Å². The molecule has 1 N–H and O–H groups in total. The number of carbonyl (C=O) groups is 2. The first-order valence-electron chi connectivity index (χ1n) is 8.41. The van der Waals surface area contributed by atoms with Gasteiger partial charge in [0.25, 0.3) is 5.91 Å². The Morgan fingerprint density at radius 3 is 2.41 bits per heavy atom. The lowest BCUT2D eigenvalue weighted by Crippen LogP contribution is -2.50. The fourth-order valence-corrected chi connectivity index (χ4v) is 2.79. The summed E-state index contributed by atoms with van der Waals surface area (Å²) in [6.45, 7) is -0.553. The van der Waals surface area contributed by atoms with Gasteiger partial charge in [0.15, 0.2) is 5.76 Å². The van der Waals surface area contributed by atoms with E-state index in [0.717, 1.165) is 0 Å². The quantitative estimate of drug-likeness (QED) is 0.834. The Hall–Kier alpha value is -2.94. The number of furan rings is 1. The Labute approximate surface area is 154 Å². The molecular weight excluding hydrogens is 360 g/mol. The third kappa shape index (κ3) is 5.27. The maximum absolute atomic E-state index is 12.2. The highest BCUT2D eigenvalue weighted by molar-refractivity contribution is 5.92. The molecule has 3 rings (SSSR count). The molecule has 144 valence electrons. The molecule has 0 unspecified atom stereocenters. The van der Waals surface area contributed by atoms with E-state index < -0.39 is 6.61 Å². The standard InChI is InChI=1S/C18H19F2N3O4/c19-18(20)27-14-5-3-13(4-6-14)21-16(24)12-22-7-9-23(10-8-22)17(25)15-2-1-11-26-15/h1-6,11,18H,7-10,12H2,(H,21,24). The molecule has 27 heavy (non-hydrogen) atoms. The molecule has 1 aromatic heterocycles. The summed E-state index contributed by atoms with van der Waals surface area (Å²) in [6, 6.07) is 9.01. The normalized spacial score (nSPS) is 15.0. The average Bonchev–Trinajstić information content (AvgIpc) is 3.18. The van der Waals surface area contributed by atoms with Gasteiger partial charge >= 0.3 is 6.61 Å². The van der Waals surface area contributed by atoms with Gasteiger partial charge in [-0.05, 0) is 36.4 Å². The van der Waals surface area contributed by atoms with Crippen molar-refractivity contribution in [2.75, 3.05) is 38.0 Å². The van der Waals surface area contributed by atoms with Crippen LogP contribution in [0.25, 0.3) is 0 Å². The van der Waals surface area contributed by atoms with Crippen molar-refractivity contribution in [3.63, 3.8) is 0 Å². The van der Waals surface area contributed by atoms with Crippen LogP contribution in [0.1, 0.15) is 10.6 Å². The van der Waals surface area contributed by atoms with Gasteiger partial charge in [0.1, 0.15) is 5.75 Å². The minimum absolute atomic E-state index is 0.0281. The largest absolute Gasteiger partial charge is 0.459 e. The van der Waals surface area contributed by atoms with Gasteiger partial charge in [0.05, 0.1) is 12.8 Å². The Morgan fingerprint density at radius 1 is 1.11 bits per heavy atom. The fourth-order valence-electron chi connectivity index (χ4n) is 2.79. The molecule has 0 aliphatic carbocycles. The second-order valence-corrected chi connectivity index (χ2v) is 6.00. The average molecular weight is 379 g/mol. The first-order chi connectivity index (χ1) is 13.0. The smallest absolute Gasteiger partial charge is 0.387 e. The number of nitrogens with one attached hydrogen (secondary N) is 1. The molecule has 9 heteroatoms. The molecule has 1 fully saturated rings. The maximum Gasteiger partial charge on any atom is 0.387 e. The molecule has 2 aromatic rings. The lowest BCUT2D eigenvalue weighted by atomic mass is 10.2. The summed E-state index contributed by atoms with van der Waals surface area (Å²) in [5, 5.41) is 2.71. The zero-order chi connectivity index (χ0) is 19.2. The predicted molar refractivity (Wildman–Crippen MR) is 92.8 cm³/mol. The number of benzene rings is 1. The molecule has 0 bridgehead atoms. The number of alkyl halides is 2. The highest BCUT2D eigenvalue weighted by Crippen LogP contribution is 2.17. The molecule has 1 aromatic carbocycles. The Kier molecular flexibility index (Phi) is 6.02. The Bertz CT molecular complexity index is 757. The lowest BCUT2D eigenvalue weighted by molar-refractivity contribution is -0.117. The number of hydrogen-bond acceptors (Lipinski definition) is 5. The van der Waals surface area contributed by atoms with Crippen molar-refractivity contribution in [3.05, 3.63) is 48.4 Å². The van der Waals surface area contributed by atoms with Gasteiger partial charge in [-0.25, -0.2) is 0 Å².